The normalized spacial score (nSPS) is 19.5. The van der Waals surface area contributed by atoms with Crippen molar-refractivity contribution in [3.63, 3.8) is 0 Å². The highest BCUT2D eigenvalue weighted by molar-refractivity contribution is 6.00. The molecule has 1 aliphatic heterocycles. The molecule has 1 unspecified atom stereocenters. The van der Waals surface area contributed by atoms with Crippen LogP contribution in [-0.4, -0.2) is 41.9 Å². The number of para-hydroxylation sites is 1. The van der Waals surface area contributed by atoms with Gasteiger partial charge in [0.15, 0.2) is 0 Å². The molecule has 1 atom stereocenters. The molecule has 2 N–H and O–H groups in total. The first-order chi connectivity index (χ1) is 9.82. The summed E-state index contributed by atoms with van der Waals surface area (Å²) in [7, 11) is 1.66. The Labute approximate surface area is 125 Å². The predicted octanol–water partition coefficient (Wildman–Crippen LogP) is 1.38. The van der Waals surface area contributed by atoms with Crippen LogP contribution in [0.25, 0.3) is 0 Å². The maximum Gasteiger partial charge on any atom is 0.249 e. The van der Waals surface area contributed by atoms with Crippen LogP contribution >= 0.6 is 0 Å². The first-order valence-corrected chi connectivity index (χ1v) is 7.25. The molecule has 21 heavy (non-hydrogen) atoms. The van der Waals surface area contributed by atoms with Crippen molar-refractivity contribution in [3.8, 4) is 0 Å². The second-order valence-corrected chi connectivity index (χ2v) is 6.12. The molecule has 1 aromatic rings. The van der Waals surface area contributed by atoms with Gasteiger partial charge in [0.1, 0.15) is 6.04 Å². The lowest BCUT2D eigenvalue weighted by Gasteiger charge is -2.38. The Hall–Kier alpha value is -1.88. The van der Waals surface area contributed by atoms with Crippen LogP contribution in [-0.2, 0) is 9.59 Å². The molecular formula is C16H23N3O2. The fourth-order valence-electron chi connectivity index (χ4n) is 2.68. The molecule has 1 heterocycles. The summed E-state index contributed by atoms with van der Waals surface area (Å²) in [5.74, 6) is -0.247. The lowest BCUT2D eigenvalue weighted by molar-refractivity contribution is -0.142. The van der Waals surface area contributed by atoms with Crippen LogP contribution < -0.4 is 10.6 Å². The van der Waals surface area contributed by atoms with Crippen LogP contribution in [0.15, 0.2) is 30.3 Å². The molecule has 5 heteroatoms. The van der Waals surface area contributed by atoms with Gasteiger partial charge in [-0.15, -0.1) is 0 Å². The average molecular weight is 289 g/mol. The standard InChI is InChI=1S/C16H23N3O2/c1-16(2,17)15(21)18(3)13-10-7-11-19(14(13)20)12-8-5-4-6-9-12/h4-6,8-9,13H,7,10-11,17H2,1-3H3. The molecule has 1 saturated heterocycles. The van der Waals surface area contributed by atoms with E-state index in [0.29, 0.717) is 13.0 Å². The van der Waals surface area contributed by atoms with Gasteiger partial charge in [0.2, 0.25) is 11.8 Å². The largest absolute Gasteiger partial charge is 0.332 e. The molecule has 114 valence electrons. The van der Waals surface area contributed by atoms with Gasteiger partial charge >= 0.3 is 0 Å². The number of benzene rings is 1. The number of amides is 2. The maximum absolute atomic E-state index is 12.7. The van der Waals surface area contributed by atoms with Gasteiger partial charge in [-0.25, -0.2) is 0 Å². The Bertz CT molecular complexity index is 522. The summed E-state index contributed by atoms with van der Waals surface area (Å²) in [6, 6.07) is 9.12. The number of piperidine rings is 1. The zero-order valence-electron chi connectivity index (χ0n) is 12.9. The minimum Gasteiger partial charge on any atom is -0.332 e. The number of hydrogen-bond donors (Lipinski definition) is 1. The van der Waals surface area contributed by atoms with E-state index in [2.05, 4.69) is 0 Å². The van der Waals surface area contributed by atoms with Crippen molar-refractivity contribution in [1.82, 2.24) is 4.90 Å². The first-order valence-electron chi connectivity index (χ1n) is 7.25. The molecule has 2 amide bonds. The lowest BCUT2D eigenvalue weighted by Crippen LogP contribution is -2.58. The van der Waals surface area contributed by atoms with Gasteiger partial charge in [-0.05, 0) is 38.8 Å². The number of anilines is 1. The van der Waals surface area contributed by atoms with Crippen LogP contribution in [0.1, 0.15) is 26.7 Å². The highest BCUT2D eigenvalue weighted by Crippen LogP contribution is 2.24. The Morgan fingerprint density at radius 3 is 2.52 bits per heavy atom. The summed E-state index contributed by atoms with van der Waals surface area (Å²) >= 11 is 0. The number of nitrogens with zero attached hydrogens (tertiary/aromatic N) is 2. The third kappa shape index (κ3) is 3.24. The minimum atomic E-state index is -0.968. The van der Waals surface area contributed by atoms with Gasteiger partial charge in [0.25, 0.3) is 0 Å². The Morgan fingerprint density at radius 1 is 1.33 bits per heavy atom. The van der Waals surface area contributed by atoms with E-state index in [1.54, 1.807) is 25.8 Å². The van der Waals surface area contributed by atoms with Gasteiger partial charge in [-0.1, -0.05) is 18.2 Å². The van der Waals surface area contributed by atoms with Crippen LogP contribution in [0.4, 0.5) is 5.69 Å². The van der Waals surface area contributed by atoms with E-state index in [1.165, 1.54) is 4.90 Å². The van der Waals surface area contributed by atoms with Crippen molar-refractivity contribution in [3.05, 3.63) is 30.3 Å². The lowest BCUT2D eigenvalue weighted by atomic mass is 9.99. The number of rotatable bonds is 3. The molecule has 0 bridgehead atoms. The molecule has 0 spiro atoms. The SMILES string of the molecule is CN(C(=O)C(C)(C)N)C1CCCN(c2ccccc2)C1=O. The molecule has 0 aliphatic carbocycles. The molecule has 0 aromatic heterocycles. The molecule has 1 aromatic carbocycles. The quantitative estimate of drug-likeness (QED) is 0.914. The minimum absolute atomic E-state index is 0.0347. The number of hydrogen-bond acceptors (Lipinski definition) is 3. The molecule has 5 nitrogen and oxygen atoms in total. The first kappa shape index (κ1) is 15.5. The second-order valence-electron chi connectivity index (χ2n) is 6.12. The Kier molecular flexibility index (Phi) is 4.32. The molecule has 0 saturated carbocycles. The predicted molar refractivity (Wildman–Crippen MR) is 82.9 cm³/mol. The zero-order valence-corrected chi connectivity index (χ0v) is 12.9. The van der Waals surface area contributed by atoms with Crippen LogP contribution in [0.2, 0.25) is 0 Å². The van der Waals surface area contributed by atoms with Crippen molar-refractivity contribution in [1.29, 1.82) is 0 Å². The van der Waals surface area contributed by atoms with Crippen LogP contribution in [0.3, 0.4) is 0 Å². The summed E-state index contributed by atoms with van der Waals surface area (Å²) in [6.07, 6.45) is 1.55. The number of likely N-dealkylation sites (N-methyl/N-ethyl adjacent to an activating group) is 1. The van der Waals surface area contributed by atoms with E-state index < -0.39 is 11.6 Å². The summed E-state index contributed by atoms with van der Waals surface area (Å²) < 4.78 is 0. The molecule has 1 aliphatic rings. The Morgan fingerprint density at radius 2 is 1.95 bits per heavy atom. The third-order valence-corrected chi connectivity index (χ3v) is 3.82. The molecule has 0 radical (unpaired) electrons. The summed E-state index contributed by atoms with van der Waals surface area (Å²) in [5, 5.41) is 0. The van der Waals surface area contributed by atoms with Gasteiger partial charge < -0.3 is 15.5 Å². The van der Waals surface area contributed by atoms with E-state index in [1.807, 2.05) is 30.3 Å². The van der Waals surface area contributed by atoms with Gasteiger partial charge in [-0.2, -0.15) is 0 Å². The number of nitrogens with two attached hydrogens (primary N) is 1. The monoisotopic (exact) mass is 289 g/mol. The van der Waals surface area contributed by atoms with E-state index in [0.717, 1.165) is 12.1 Å². The van der Waals surface area contributed by atoms with E-state index in [-0.39, 0.29) is 11.8 Å². The highest BCUT2D eigenvalue weighted by Gasteiger charge is 2.37. The van der Waals surface area contributed by atoms with Gasteiger partial charge in [-0.3, -0.25) is 9.59 Å². The van der Waals surface area contributed by atoms with Crippen molar-refractivity contribution in [2.75, 3.05) is 18.5 Å². The molecule has 1 fully saturated rings. The third-order valence-electron chi connectivity index (χ3n) is 3.82. The van der Waals surface area contributed by atoms with E-state index in [9.17, 15) is 9.59 Å². The summed E-state index contributed by atoms with van der Waals surface area (Å²) in [6.45, 7) is 4.01. The van der Waals surface area contributed by atoms with Crippen LogP contribution in [0, 0.1) is 0 Å². The van der Waals surface area contributed by atoms with Crippen LogP contribution in [0.5, 0.6) is 0 Å². The summed E-state index contributed by atoms with van der Waals surface area (Å²) in [5.41, 5.74) is 5.77. The van der Waals surface area contributed by atoms with Crippen molar-refractivity contribution >= 4 is 17.5 Å². The van der Waals surface area contributed by atoms with Gasteiger partial charge in [0.05, 0.1) is 5.54 Å². The zero-order chi connectivity index (χ0) is 15.6. The fourth-order valence-corrected chi connectivity index (χ4v) is 2.68. The van der Waals surface area contributed by atoms with Gasteiger partial charge in [0, 0.05) is 19.3 Å². The molecular weight excluding hydrogens is 266 g/mol. The van der Waals surface area contributed by atoms with E-state index in [4.69, 9.17) is 5.73 Å². The smallest absolute Gasteiger partial charge is 0.249 e. The second kappa shape index (κ2) is 5.85. The highest BCUT2D eigenvalue weighted by atomic mass is 16.2. The van der Waals surface area contributed by atoms with Crippen molar-refractivity contribution in [2.45, 2.75) is 38.3 Å². The van der Waals surface area contributed by atoms with Crippen molar-refractivity contribution < 1.29 is 9.59 Å². The Balaban J connectivity index is 2.19. The van der Waals surface area contributed by atoms with Crippen molar-refractivity contribution in [2.24, 2.45) is 5.73 Å². The van der Waals surface area contributed by atoms with E-state index >= 15 is 0 Å². The topological polar surface area (TPSA) is 66.6 Å². The number of carbonyl (C=O) groups excluding carboxylic acids is 2. The fraction of sp³-hybridized carbons (Fsp3) is 0.500. The maximum atomic E-state index is 12.7. The summed E-state index contributed by atoms with van der Waals surface area (Å²) in [4.78, 5) is 28.2. The number of carbonyl (C=O) groups is 2. The average Bonchev–Trinajstić information content (AvgIpc) is 2.46. The molecule has 2 rings (SSSR count).